The van der Waals surface area contributed by atoms with E-state index in [2.05, 4.69) is 52.0 Å². The predicted octanol–water partition coefficient (Wildman–Crippen LogP) is 20.6. The van der Waals surface area contributed by atoms with E-state index < -0.39 is 97.5 Å². The van der Waals surface area contributed by atoms with Gasteiger partial charge in [0.1, 0.15) is 19.3 Å². The minimum absolute atomic E-state index is 0.102. The van der Waals surface area contributed by atoms with E-state index in [1.165, 1.54) is 161 Å². The molecule has 0 aliphatic heterocycles. The van der Waals surface area contributed by atoms with Crippen LogP contribution in [-0.2, 0) is 65.4 Å². The third-order valence-electron chi connectivity index (χ3n) is 16.2. The quantitative estimate of drug-likeness (QED) is 0.0169. The Morgan fingerprint density at radius 1 is 0.308 bits per heavy atom. The zero-order chi connectivity index (χ0) is 66.8. The molecule has 0 spiro atoms. The van der Waals surface area contributed by atoms with Crippen LogP contribution < -0.4 is 0 Å². The van der Waals surface area contributed by atoms with Crippen molar-refractivity contribution in [1.29, 1.82) is 0 Å². The van der Waals surface area contributed by atoms with Gasteiger partial charge in [0, 0.05) is 25.7 Å². The number of carbonyl (C=O) groups excluding carboxylic acids is 4. The molecule has 0 aromatic heterocycles. The van der Waals surface area contributed by atoms with Gasteiger partial charge >= 0.3 is 39.5 Å². The van der Waals surface area contributed by atoms with Crippen LogP contribution in [0.4, 0.5) is 0 Å². The largest absolute Gasteiger partial charge is 0.472 e. The molecule has 536 valence electrons. The summed E-state index contributed by atoms with van der Waals surface area (Å²) in [5.74, 6) is -2.16. The number of hydrogen-bond donors (Lipinski definition) is 3. The Labute approximate surface area is 554 Å². The number of ether oxygens (including phenoxy) is 4. The molecule has 0 heterocycles. The lowest BCUT2D eigenvalue weighted by molar-refractivity contribution is -0.161. The van der Waals surface area contributed by atoms with Gasteiger partial charge in [0.25, 0.3) is 0 Å². The molecule has 2 unspecified atom stereocenters. The number of unbranched alkanes of at least 4 members (excludes halogenated alkanes) is 42. The summed E-state index contributed by atoms with van der Waals surface area (Å²) < 4.78 is 68.0. The average molecular weight is 1340 g/mol. The highest BCUT2D eigenvalue weighted by Gasteiger charge is 2.30. The fraction of sp³-hybridized carbons (Fsp3) is 0.889. The number of aliphatic hydroxyl groups excluding tert-OH is 1. The Balaban J connectivity index is 5.12. The van der Waals surface area contributed by atoms with Gasteiger partial charge in [-0.15, -0.1) is 0 Å². The van der Waals surface area contributed by atoms with Gasteiger partial charge in [-0.2, -0.15) is 0 Å². The van der Waals surface area contributed by atoms with Crippen molar-refractivity contribution in [3.05, 3.63) is 24.3 Å². The number of carbonyl (C=O) groups is 4. The number of esters is 4. The molecule has 17 nitrogen and oxygen atoms in total. The Morgan fingerprint density at radius 3 is 0.802 bits per heavy atom. The Hall–Kier alpha value is -2.46. The van der Waals surface area contributed by atoms with Crippen LogP contribution in [0, 0.1) is 0 Å². The second-order valence-corrected chi connectivity index (χ2v) is 28.2. The van der Waals surface area contributed by atoms with Crippen molar-refractivity contribution in [3.63, 3.8) is 0 Å². The minimum Gasteiger partial charge on any atom is -0.462 e. The third kappa shape index (κ3) is 66.0. The molecule has 0 rings (SSSR count). The standard InChI is InChI=1S/C72H136O17P2/c1-5-9-13-17-20-23-25-27-29-30-31-32-33-34-35-37-39-41-44-47-51-55-59-72(77)89-68(63-83-70(75)57-53-49-45-43-40-38-36-28-26-24-21-18-14-10-6-2)65-87-91(80,81)85-61-66(73)60-84-90(78,79)86-64-67(62-82-69(74)56-52-48-16-12-8-4)88-71(76)58-54-50-46-42-22-19-15-11-7-3/h24,26,28,36,66-68,73H,5-23,25,27,29-35,37-65H2,1-4H3,(H,78,79)(H,80,81)/b26-24-,36-28-/t66-,67+,68+/m0/s1. The highest BCUT2D eigenvalue weighted by Crippen LogP contribution is 2.45. The van der Waals surface area contributed by atoms with Gasteiger partial charge in [0.15, 0.2) is 12.2 Å². The van der Waals surface area contributed by atoms with Gasteiger partial charge in [-0.05, 0) is 51.4 Å². The summed E-state index contributed by atoms with van der Waals surface area (Å²) >= 11 is 0. The Morgan fingerprint density at radius 2 is 0.527 bits per heavy atom. The van der Waals surface area contributed by atoms with Crippen molar-refractivity contribution >= 4 is 39.5 Å². The maximum atomic E-state index is 13.0. The second kappa shape index (κ2) is 66.2. The molecule has 0 bridgehead atoms. The number of rotatable bonds is 71. The highest BCUT2D eigenvalue weighted by molar-refractivity contribution is 7.47. The van der Waals surface area contributed by atoms with Crippen molar-refractivity contribution < 1.29 is 80.2 Å². The molecule has 91 heavy (non-hydrogen) atoms. The van der Waals surface area contributed by atoms with Gasteiger partial charge in [-0.25, -0.2) is 9.13 Å². The number of hydrogen-bond acceptors (Lipinski definition) is 15. The third-order valence-corrected chi connectivity index (χ3v) is 18.1. The molecule has 0 aromatic carbocycles. The molecule has 0 amide bonds. The van der Waals surface area contributed by atoms with Crippen molar-refractivity contribution in [2.45, 2.75) is 373 Å². The number of allylic oxidation sites excluding steroid dienone is 4. The van der Waals surface area contributed by atoms with Gasteiger partial charge in [-0.3, -0.25) is 37.3 Å². The molecule has 19 heteroatoms. The molecule has 0 saturated carbocycles. The van der Waals surface area contributed by atoms with Crippen LogP contribution >= 0.6 is 15.6 Å². The summed E-state index contributed by atoms with van der Waals surface area (Å²) in [5, 5.41) is 10.5. The maximum Gasteiger partial charge on any atom is 0.472 e. The van der Waals surface area contributed by atoms with E-state index >= 15 is 0 Å². The van der Waals surface area contributed by atoms with Crippen molar-refractivity contribution in [2.24, 2.45) is 0 Å². The fourth-order valence-electron chi connectivity index (χ4n) is 10.5. The molecule has 3 N–H and O–H groups in total. The second-order valence-electron chi connectivity index (χ2n) is 25.3. The molecule has 0 radical (unpaired) electrons. The van der Waals surface area contributed by atoms with E-state index in [-0.39, 0.29) is 25.7 Å². The van der Waals surface area contributed by atoms with E-state index in [0.717, 1.165) is 116 Å². The van der Waals surface area contributed by atoms with Crippen LogP contribution in [-0.4, -0.2) is 96.7 Å². The number of aliphatic hydroxyl groups is 1. The van der Waals surface area contributed by atoms with E-state index in [4.69, 9.17) is 37.0 Å². The van der Waals surface area contributed by atoms with E-state index in [1.54, 1.807) is 0 Å². The van der Waals surface area contributed by atoms with E-state index in [9.17, 15) is 43.2 Å². The first-order valence-corrected chi connectivity index (χ1v) is 40.1. The average Bonchev–Trinajstić information content (AvgIpc) is 3.63. The van der Waals surface area contributed by atoms with Gasteiger partial charge in [-0.1, -0.05) is 302 Å². The highest BCUT2D eigenvalue weighted by atomic mass is 31.2. The molecule has 0 fully saturated rings. The van der Waals surface area contributed by atoms with Crippen molar-refractivity contribution in [3.8, 4) is 0 Å². The molecular weight excluding hydrogens is 1200 g/mol. The predicted molar refractivity (Wildman–Crippen MR) is 368 cm³/mol. The molecular formula is C72H136O17P2. The maximum absolute atomic E-state index is 13.0. The van der Waals surface area contributed by atoms with Crippen LogP contribution in [0.1, 0.15) is 355 Å². The lowest BCUT2D eigenvalue weighted by Crippen LogP contribution is -2.30. The lowest BCUT2D eigenvalue weighted by atomic mass is 10.0. The van der Waals surface area contributed by atoms with Gasteiger partial charge in [0.05, 0.1) is 26.4 Å². The first kappa shape index (κ1) is 88.5. The smallest absolute Gasteiger partial charge is 0.462 e. The summed E-state index contributed by atoms with van der Waals surface area (Å²) in [6.07, 6.45) is 58.3. The molecule has 0 aliphatic carbocycles. The SMILES string of the molecule is CCCCCC/C=C\C=C/CCCCCCCC(=O)OC[C@H](COP(=O)(O)OC[C@@H](O)COP(=O)(O)OC[C@@H](COC(=O)CCCCCCC)OC(=O)CCCCCCCCCCC)OC(=O)CCCCCCCCCCCCCCCCCCCCCCCC. The molecule has 5 atom stereocenters. The Bertz CT molecular complexity index is 1830. The molecule has 0 saturated heterocycles. The summed E-state index contributed by atoms with van der Waals surface area (Å²) in [5.41, 5.74) is 0. The fourth-order valence-corrected chi connectivity index (χ4v) is 12.1. The van der Waals surface area contributed by atoms with Crippen molar-refractivity contribution in [2.75, 3.05) is 39.6 Å². The summed E-state index contributed by atoms with van der Waals surface area (Å²) in [7, 11) is -9.90. The van der Waals surface area contributed by atoms with E-state index in [0.29, 0.717) is 25.7 Å². The van der Waals surface area contributed by atoms with Crippen LogP contribution in [0.15, 0.2) is 24.3 Å². The van der Waals surface area contributed by atoms with Crippen molar-refractivity contribution in [1.82, 2.24) is 0 Å². The summed E-state index contributed by atoms with van der Waals surface area (Å²) in [4.78, 5) is 72.2. The summed E-state index contributed by atoms with van der Waals surface area (Å²) in [6, 6.07) is 0. The lowest BCUT2D eigenvalue weighted by Gasteiger charge is -2.21. The minimum atomic E-state index is -4.96. The van der Waals surface area contributed by atoms with Crippen LogP contribution in [0.5, 0.6) is 0 Å². The molecule has 0 aliphatic rings. The number of phosphoric acid groups is 2. The Kier molecular flexibility index (Phi) is 64.4. The normalized spacial score (nSPS) is 14.1. The van der Waals surface area contributed by atoms with Crippen LogP contribution in [0.3, 0.4) is 0 Å². The van der Waals surface area contributed by atoms with Gasteiger partial charge in [0.2, 0.25) is 0 Å². The first-order valence-electron chi connectivity index (χ1n) is 37.1. The zero-order valence-electron chi connectivity index (χ0n) is 58.3. The number of phosphoric ester groups is 2. The van der Waals surface area contributed by atoms with Crippen LogP contribution in [0.25, 0.3) is 0 Å². The molecule has 0 aromatic rings. The summed E-state index contributed by atoms with van der Waals surface area (Å²) in [6.45, 7) is 4.77. The van der Waals surface area contributed by atoms with Crippen LogP contribution in [0.2, 0.25) is 0 Å². The van der Waals surface area contributed by atoms with Gasteiger partial charge < -0.3 is 33.8 Å². The monoisotopic (exact) mass is 1330 g/mol. The van der Waals surface area contributed by atoms with E-state index in [1.807, 2.05) is 0 Å². The zero-order valence-corrected chi connectivity index (χ0v) is 60.1. The first-order chi connectivity index (χ1) is 44.2. The topological polar surface area (TPSA) is 237 Å².